The number of methoxy groups -OCH3 is 1. The molecule has 2 aromatic carbocycles. The Morgan fingerprint density at radius 2 is 1.84 bits per heavy atom. The molecule has 1 unspecified atom stereocenters. The number of carbonyl (C=O) groups is 2. The first kappa shape index (κ1) is 25.0. The summed E-state index contributed by atoms with van der Waals surface area (Å²) in [5.74, 6) is 1.39. The molecule has 0 saturated heterocycles. The van der Waals surface area contributed by atoms with Gasteiger partial charge in [0.15, 0.2) is 11.5 Å². The first-order valence-corrected chi connectivity index (χ1v) is 11.0. The van der Waals surface area contributed by atoms with Gasteiger partial charge in [-0.3, -0.25) is 9.59 Å². The minimum absolute atomic E-state index is 0.109. The van der Waals surface area contributed by atoms with E-state index in [1.807, 2.05) is 44.2 Å². The SMILES string of the molecule is CCC(C)NC(=O)c1cccc(CNC(=O)/C=C/c2ccc(OCC(C)C)c(OC)c2)c1. The van der Waals surface area contributed by atoms with Crippen LogP contribution in [0.2, 0.25) is 0 Å². The highest BCUT2D eigenvalue weighted by molar-refractivity contribution is 5.94. The molecule has 32 heavy (non-hydrogen) atoms. The molecular weight excluding hydrogens is 404 g/mol. The summed E-state index contributed by atoms with van der Waals surface area (Å²) in [6.07, 6.45) is 4.07. The zero-order valence-corrected chi connectivity index (χ0v) is 19.6. The smallest absolute Gasteiger partial charge is 0.251 e. The van der Waals surface area contributed by atoms with E-state index in [1.165, 1.54) is 6.08 Å². The number of carbonyl (C=O) groups excluding carboxylic acids is 2. The van der Waals surface area contributed by atoms with Gasteiger partial charge in [0.1, 0.15) is 0 Å². The lowest BCUT2D eigenvalue weighted by molar-refractivity contribution is -0.116. The summed E-state index contributed by atoms with van der Waals surface area (Å²) < 4.78 is 11.2. The highest BCUT2D eigenvalue weighted by atomic mass is 16.5. The van der Waals surface area contributed by atoms with Crippen LogP contribution >= 0.6 is 0 Å². The van der Waals surface area contributed by atoms with Crippen molar-refractivity contribution in [3.63, 3.8) is 0 Å². The number of ether oxygens (including phenoxy) is 2. The molecule has 2 aromatic rings. The van der Waals surface area contributed by atoms with E-state index in [0.717, 1.165) is 17.5 Å². The first-order chi connectivity index (χ1) is 15.3. The van der Waals surface area contributed by atoms with Gasteiger partial charge in [-0.05, 0) is 60.7 Å². The maximum atomic E-state index is 12.3. The zero-order valence-electron chi connectivity index (χ0n) is 19.6. The quantitative estimate of drug-likeness (QED) is 0.503. The zero-order chi connectivity index (χ0) is 23.5. The van der Waals surface area contributed by atoms with E-state index < -0.39 is 0 Å². The Bertz CT molecular complexity index is 937. The average molecular weight is 439 g/mol. The van der Waals surface area contributed by atoms with Crippen molar-refractivity contribution in [3.05, 3.63) is 65.2 Å². The number of hydrogen-bond acceptors (Lipinski definition) is 4. The summed E-state index contributed by atoms with van der Waals surface area (Å²) in [6.45, 7) is 9.10. The summed E-state index contributed by atoms with van der Waals surface area (Å²) in [6, 6.07) is 12.9. The van der Waals surface area contributed by atoms with Crippen LogP contribution in [0.25, 0.3) is 6.08 Å². The molecule has 0 fully saturated rings. The molecule has 0 bridgehead atoms. The fraction of sp³-hybridized carbons (Fsp3) is 0.385. The van der Waals surface area contributed by atoms with Gasteiger partial charge in [0.2, 0.25) is 5.91 Å². The van der Waals surface area contributed by atoms with Crippen LogP contribution in [-0.2, 0) is 11.3 Å². The van der Waals surface area contributed by atoms with Crippen LogP contribution in [-0.4, -0.2) is 31.6 Å². The van der Waals surface area contributed by atoms with Gasteiger partial charge in [-0.25, -0.2) is 0 Å². The van der Waals surface area contributed by atoms with E-state index in [2.05, 4.69) is 24.5 Å². The van der Waals surface area contributed by atoms with Crippen LogP contribution in [0, 0.1) is 5.92 Å². The van der Waals surface area contributed by atoms with Crippen molar-refractivity contribution in [2.75, 3.05) is 13.7 Å². The predicted molar refractivity (Wildman–Crippen MR) is 128 cm³/mol. The van der Waals surface area contributed by atoms with Gasteiger partial charge in [0, 0.05) is 24.2 Å². The lowest BCUT2D eigenvalue weighted by Crippen LogP contribution is -2.32. The molecule has 0 heterocycles. The molecule has 0 radical (unpaired) electrons. The number of rotatable bonds is 11. The number of amides is 2. The minimum atomic E-state index is -0.224. The second-order valence-electron chi connectivity index (χ2n) is 8.15. The number of nitrogens with one attached hydrogen (secondary N) is 2. The molecule has 6 nitrogen and oxygen atoms in total. The second-order valence-corrected chi connectivity index (χ2v) is 8.15. The summed E-state index contributed by atoms with van der Waals surface area (Å²) in [7, 11) is 1.59. The molecule has 0 aromatic heterocycles. The van der Waals surface area contributed by atoms with Gasteiger partial charge in [-0.15, -0.1) is 0 Å². The maximum absolute atomic E-state index is 12.3. The lowest BCUT2D eigenvalue weighted by Gasteiger charge is -2.13. The lowest BCUT2D eigenvalue weighted by atomic mass is 10.1. The third-order valence-corrected chi connectivity index (χ3v) is 4.83. The predicted octanol–water partition coefficient (Wildman–Crippen LogP) is 4.59. The molecule has 0 aliphatic heterocycles. The Hall–Kier alpha value is -3.28. The standard InChI is InChI=1S/C26H34N2O4/c1-6-19(4)28-26(30)22-9-7-8-21(14-22)16-27-25(29)13-11-20-10-12-23(24(15-20)31-5)32-17-18(2)3/h7-15,18-19H,6,16-17H2,1-5H3,(H,27,29)(H,28,30)/b13-11+. The minimum Gasteiger partial charge on any atom is -0.493 e. The van der Waals surface area contributed by atoms with Crippen molar-refractivity contribution >= 4 is 17.9 Å². The topological polar surface area (TPSA) is 76.7 Å². The van der Waals surface area contributed by atoms with Crippen LogP contribution in [0.4, 0.5) is 0 Å². The number of hydrogen-bond donors (Lipinski definition) is 2. The molecule has 2 rings (SSSR count). The Labute approximate surface area is 191 Å². The fourth-order valence-corrected chi connectivity index (χ4v) is 2.82. The normalized spacial score (nSPS) is 11.9. The van der Waals surface area contributed by atoms with Crippen molar-refractivity contribution < 1.29 is 19.1 Å². The van der Waals surface area contributed by atoms with E-state index in [4.69, 9.17) is 9.47 Å². The van der Waals surface area contributed by atoms with Crippen molar-refractivity contribution in [1.82, 2.24) is 10.6 Å². The molecule has 2 N–H and O–H groups in total. The van der Waals surface area contributed by atoms with Crippen molar-refractivity contribution in [2.45, 2.75) is 46.7 Å². The summed E-state index contributed by atoms with van der Waals surface area (Å²) in [5, 5.41) is 5.79. The number of benzene rings is 2. The van der Waals surface area contributed by atoms with E-state index >= 15 is 0 Å². The van der Waals surface area contributed by atoms with Gasteiger partial charge < -0.3 is 20.1 Å². The Morgan fingerprint density at radius 1 is 1.06 bits per heavy atom. The Kier molecular flexibility index (Phi) is 9.79. The van der Waals surface area contributed by atoms with E-state index in [0.29, 0.717) is 36.1 Å². The maximum Gasteiger partial charge on any atom is 0.251 e. The van der Waals surface area contributed by atoms with E-state index in [-0.39, 0.29) is 17.9 Å². The van der Waals surface area contributed by atoms with Crippen molar-refractivity contribution in [3.8, 4) is 11.5 Å². The first-order valence-electron chi connectivity index (χ1n) is 11.0. The average Bonchev–Trinajstić information content (AvgIpc) is 2.80. The Balaban J connectivity index is 1.94. The molecular formula is C26H34N2O4. The van der Waals surface area contributed by atoms with Gasteiger partial charge in [0.25, 0.3) is 5.91 Å². The molecule has 1 atom stereocenters. The van der Waals surface area contributed by atoms with Crippen molar-refractivity contribution in [2.24, 2.45) is 5.92 Å². The van der Waals surface area contributed by atoms with Crippen LogP contribution < -0.4 is 20.1 Å². The fourth-order valence-electron chi connectivity index (χ4n) is 2.82. The molecule has 0 spiro atoms. The molecule has 2 amide bonds. The highest BCUT2D eigenvalue weighted by Crippen LogP contribution is 2.29. The van der Waals surface area contributed by atoms with Gasteiger partial charge in [-0.1, -0.05) is 39.0 Å². The van der Waals surface area contributed by atoms with Gasteiger partial charge in [0.05, 0.1) is 13.7 Å². The largest absolute Gasteiger partial charge is 0.493 e. The molecule has 0 aliphatic carbocycles. The summed E-state index contributed by atoms with van der Waals surface area (Å²) >= 11 is 0. The second kappa shape index (κ2) is 12.5. The van der Waals surface area contributed by atoms with Crippen LogP contribution in [0.3, 0.4) is 0 Å². The van der Waals surface area contributed by atoms with Crippen LogP contribution in [0.15, 0.2) is 48.5 Å². The molecule has 172 valence electrons. The third-order valence-electron chi connectivity index (χ3n) is 4.83. The van der Waals surface area contributed by atoms with Crippen molar-refractivity contribution in [1.29, 1.82) is 0 Å². The molecule has 0 aliphatic rings. The molecule has 0 saturated carbocycles. The van der Waals surface area contributed by atoms with E-state index in [1.54, 1.807) is 25.3 Å². The molecule has 6 heteroatoms. The van der Waals surface area contributed by atoms with E-state index in [9.17, 15) is 9.59 Å². The Morgan fingerprint density at radius 3 is 2.53 bits per heavy atom. The van der Waals surface area contributed by atoms with Gasteiger partial charge in [-0.2, -0.15) is 0 Å². The van der Waals surface area contributed by atoms with Crippen LogP contribution in [0.1, 0.15) is 55.6 Å². The summed E-state index contributed by atoms with van der Waals surface area (Å²) in [4.78, 5) is 24.5. The van der Waals surface area contributed by atoms with Gasteiger partial charge >= 0.3 is 0 Å². The monoisotopic (exact) mass is 438 g/mol. The third kappa shape index (κ3) is 8.10. The highest BCUT2D eigenvalue weighted by Gasteiger charge is 2.09. The summed E-state index contributed by atoms with van der Waals surface area (Å²) in [5.41, 5.74) is 2.27. The van der Waals surface area contributed by atoms with Crippen LogP contribution in [0.5, 0.6) is 11.5 Å².